The lowest BCUT2D eigenvalue weighted by Crippen LogP contribution is -2.35. The lowest BCUT2D eigenvalue weighted by Gasteiger charge is -2.20. The molecule has 2 aliphatic heterocycles. The van der Waals surface area contributed by atoms with Crippen molar-refractivity contribution in [3.63, 3.8) is 0 Å². The summed E-state index contributed by atoms with van der Waals surface area (Å²) in [5, 5.41) is 15.9. The Morgan fingerprint density at radius 1 is 1.06 bits per heavy atom. The van der Waals surface area contributed by atoms with E-state index < -0.39 is 5.91 Å². The van der Waals surface area contributed by atoms with Crippen molar-refractivity contribution in [2.75, 3.05) is 7.11 Å². The van der Waals surface area contributed by atoms with Gasteiger partial charge in [-0.2, -0.15) is 15.1 Å². The molecule has 8 heteroatoms. The summed E-state index contributed by atoms with van der Waals surface area (Å²) in [5.74, 6) is 0.339. The first-order chi connectivity index (χ1) is 16.4. The van der Waals surface area contributed by atoms with Gasteiger partial charge in [-0.15, -0.1) is 0 Å². The van der Waals surface area contributed by atoms with Crippen LogP contribution in [0.5, 0.6) is 5.75 Å². The first kappa shape index (κ1) is 21.9. The summed E-state index contributed by atoms with van der Waals surface area (Å²) in [4.78, 5) is 17.2. The number of amidine groups is 2. The number of carbonyl (C=O) groups excluding carboxylic acids is 1. The normalized spacial score (nSPS) is 16.6. The number of thioether (sulfide) groups is 1. The Labute approximate surface area is 202 Å². The molecule has 0 bridgehead atoms. The number of ether oxygens (including phenoxy) is 1. The van der Waals surface area contributed by atoms with Crippen LogP contribution in [0.4, 0.5) is 0 Å². The molecule has 0 spiro atoms. The maximum absolute atomic E-state index is 12.9. The maximum atomic E-state index is 12.9. The van der Waals surface area contributed by atoms with Gasteiger partial charge in [-0.1, -0.05) is 36.4 Å². The molecular formula is C26H23N5O2S. The summed E-state index contributed by atoms with van der Waals surface area (Å²) in [5.41, 5.74) is 5.93. The Morgan fingerprint density at radius 3 is 2.56 bits per heavy atom. The predicted molar refractivity (Wildman–Crippen MR) is 137 cm³/mol. The van der Waals surface area contributed by atoms with E-state index >= 15 is 0 Å². The molecule has 2 aromatic carbocycles. The van der Waals surface area contributed by atoms with Crippen LogP contribution >= 0.6 is 11.8 Å². The summed E-state index contributed by atoms with van der Waals surface area (Å²) in [6, 6.07) is 17.7. The van der Waals surface area contributed by atoms with E-state index in [0.717, 1.165) is 44.6 Å². The second-order valence-electron chi connectivity index (χ2n) is 8.07. The molecule has 3 heterocycles. The average molecular weight is 470 g/mol. The number of hydrogen-bond donors (Lipinski definition) is 1. The van der Waals surface area contributed by atoms with Gasteiger partial charge < -0.3 is 9.30 Å². The van der Waals surface area contributed by atoms with Crippen LogP contribution in [0.3, 0.4) is 0 Å². The Bertz CT molecular complexity index is 1450. The third-order valence-corrected chi connectivity index (χ3v) is 6.87. The van der Waals surface area contributed by atoms with Crippen LogP contribution in [-0.4, -0.2) is 38.6 Å². The number of carbonyl (C=O) groups is 1. The van der Waals surface area contributed by atoms with Crippen LogP contribution in [0.2, 0.25) is 0 Å². The van der Waals surface area contributed by atoms with Crippen molar-refractivity contribution in [2.45, 2.75) is 20.8 Å². The Kier molecular flexibility index (Phi) is 5.45. The van der Waals surface area contributed by atoms with Crippen molar-refractivity contribution in [1.82, 2.24) is 9.58 Å². The van der Waals surface area contributed by atoms with Crippen LogP contribution in [0.15, 0.2) is 70.3 Å². The zero-order valence-corrected chi connectivity index (χ0v) is 20.1. The Balaban J connectivity index is 1.53. The standard InChI is InChI=1S/C26H23N5O2S/c1-15-9-5-6-10-19(15)25-29-31-23(27)20(24(32)28-26(31)34-25)14-18-13-16(2)30(17(18)3)21-11-7-8-12-22(21)33-4/h5-14,27H,1-4H3/b20-14-,27-23?. The second-order valence-corrected chi connectivity index (χ2v) is 9.03. The Morgan fingerprint density at radius 2 is 1.79 bits per heavy atom. The molecule has 1 amide bonds. The van der Waals surface area contributed by atoms with E-state index in [4.69, 9.17) is 10.1 Å². The highest BCUT2D eigenvalue weighted by Gasteiger charge is 2.36. The van der Waals surface area contributed by atoms with Crippen LogP contribution in [0, 0.1) is 26.2 Å². The van der Waals surface area contributed by atoms with Gasteiger partial charge in [0.25, 0.3) is 5.91 Å². The number of methoxy groups -OCH3 is 1. The minimum atomic E-state index is -0.438. The van der Waals surface area contributed by atoms with E-state index in [0.29, 0.717) is 5.17 Å². The molecule has 0 aliphatic carbocycles. The van der Waals surface area contributed by atoms with Gasteiger partial charge in [-0.3, -0.25) is 10.2 Å². The highest BCUT2D eigenvalue weighted by Crippen LogP contribution is 2.33. The van der Waals surface area contributed by atoms with Crippen molar-refractivity contribution in [2.24, 2.45) is 10.1 Å². The molecule has 3 aromatic rings. The van der Waals surface area contributed by atoms with Gasteiger partial charge in [0.2, 0.25) is 5.17 Å². The number of nitrogens with one attached hydrogen (secondary N) is 1. The monoisotopic (exact) mass is 469 g/mol. The fourth-order valence-electron chi connectivity index (χ4n) is 4.19. The minimum Gasteiger partial charge on any atom is -0.495 e. The topological polar surface area (TPSA) is 83.0 Å². The minimum absolute atomic E-state index is 0.0215. The smallest absolute Gasteiger partial charge is 0.283 e. The van der Waals surface area contributed by atoms with E-state index in [1.54, 1.807) is 13.2 Å². The summed E-state index contributed by atoms with van der Waals surface area (Å²) < 4.78 is 7.62. The number of nitrogens with zero attached hydrogens (tertiary/aromatic N) is 4. The molecule has 0 saturated carbocycles. The molecule has 170 valence electrons. The van der Waals surface area contributed by atoms with Crippen molar-refractivity contribution in [3.05, 3.63) is 88.2 Å². The lowest BCUT2D eigenvalue weighted by atomic mass is 10.1. The van der Waals surface area contributed by atoms with Crippen molar-refractivity contribution in [1.29, 1.82) is 5.41 Å². The Hall–Kier alpha value is -3.91. The number of hydrogen-bond acceptors (Lipinski definition) is 5. The largest absolute Gasteiger partial charge is 0.495 e. The van der Waals surface area contributed by atoms with Gasteiger partial charge >= 0.3 is 0 Å². The summed E-state index contributed by atoms with van der Waals surface area (Å²) in [7, 11) is 1.65. The van der Waals surface area contributed by atoms with Crippen LogP contribution in [0.1, 0.15) is 28.1 Å². The highest BCUT2D eigenvalue weighted by atomic mass is 32.2. The molecule has 0 unspecified atom stereocenters. The molecule has 1 N–H and O–H groups in total. The number of hydrazone groups is 1. The van der Waals surface area contributed by atoms with Gasteiger partial charge in [0.05, 0.1) is 18.4 Å². The van der Waals surface area contributed by atoms with Crippen molar-refractivity contribution < 1.29 is 9.53 Å². The second kappa shape index (κ2) is 8.46. The molecule has 0 fully saturated rings. The van der Waals surface area contributed by atoms with Gasteiger partial charge in [0, 0.05) is 17.0 Å². The molecular weight excluding hydrogens is 446 g/mol. The molecule has 34 heavy (non-hydrogen) atoms. The lowest BCUT2D eigenvalue weighted by molar-refractivity contribution is -0.114. The van der Waals surface area contributed by atoms with Crippen molar-refractivity contribution >= 4 is 39.8 Å². The number of benzene rings is 2. The van der Waals surface area contributed by atoms with Crippen LogP contribution < -0.4 is 4.74 Å². The first-order valence-corrected chi connectivity index (χ1v) is 11.6. The summed E-state index contributed by atoms with van der Waals surface area (Å²) >= 11 is 1.31. The van der Waals surface area contributed by atoms with E-state index in [-0.39, 0.29) is 11.4 Å². The number of amides is 1. The van der Waals surface area contributed by atoms with Gasteiger partial charge in [0.1, 0.15) is 10.8 Å². The zero-order chi connectivity index (χ0) is 24.0. The molecule has 2 aliphatic rings. The molecule has 1 aromatic heterocycles. The van der Waals surface area contributed by atoms with Gasteiger partial charge in [-0.25, -0.2) is 0 Å². The third kappa shape index (κ3) is 3.56. The van der Waals surface area contributed by atoms with E-state index in [1.807, 2.05) is 75.4 Å². The number of para-hydroxylation sites is 2. The molecule has 7 nitrogen and oxygen atoms in total. The van der Waals surface area contributed by atoms with Crippen LogP contribution in [0.25, 0.3) is 11.8 Å². The highest BCUT2D eigenvalue weighted by molar-refractivity contribution is 8.27. The number of fused-ring (bicyclic) bond motifs is 1. The fourth-order valence-corrected chi connectivity index (χ4v) is 5.17. The predicted octanol–water partition coefficient (Wildman–Crippen LogP) is 5.08. The number of aryl methyl sites for hydroxylation is 2. The van der Waals surface area contributed by atoms with Crippen LogP contribution in [-0.2, 0) is 4.79 Å². The molecule has 0 saturated heterocycles. The maximum Gasteiger partial charge on any atom is 0.283 e. The third-order valence-electron chi connectivity index (χ3n) is 5.93. The van der Waals surface area contributed by atoms with E-state index in [1.165, 1.54) is 16.8 Å². The quantitative estimate of drug-likeness (QED) is 0.540. The molecule has 0 atom stereocenters. The van der Waals surface area contributed by atoms with E-state index in [9.17, 15) is 4.79 Å². The van der Waals surface area contributed by atoms with Gasteiger partial charge in [0.15, 0.2) is 5.84 Å². The fraction of sp³-hybridized carbons (Fsp3) is 0.154. The summed E-state index contributed by atoms with van der Waals surface area (Å²) in [6.45, 7) is 6.00. The number of rotatable bonds is 4. The number of aromatic nitrogens is 1. The van der Waals surface area contributed by atoms with Gasteiger partial charge in [-0.05, 0) is 67.9 Å². The SMILES string of the molecule is COc1ccccc1-n1c(C)cc(/C=C2/C(=N)N3N=C(c4ccccc4C)SC3=NC2=O)c1C. The van der Waals surface area contributed by atoms with Crippen molar-refractivity contribution in [3.8, 4) is 11.4 Å². The zero-order valence-electron chi connectivity index (χ0n) is 19.3. The molecule has 5 rings (SSSR count). The number of aliphatic imine (C=N–C) groups is 1. The average Bonchev–Trinajstić information content (AvgIpc) is 3.37. The molecule has 0 radical (unpaired) electrons. The van der Waals surface area contributed by atoms with E-state index in [2.05, 4.69) is 14.7 Å². The summed E-state index contributed by atoms with van der Waals surface area (Å²) in [6.07, 6.45) is 1.73. The first-order valence-electron chi connectivity index (χ1n) is 10.8.